The van der Waals surface area contributed by atoms with Gasteiger partial charge in [-0.15, -0.1) is 11.6 Å². The summed E-state index contributed by atoms with van der Waals surface area (Å²) in [6.45, 7) is 4.00. The van der Waals surface area contributed by atoms with Crippen molar-refractivity contribution in [2.45, 2.75) is 19.4 Å². The first-order valence-corrected chi connectivity index (χ1v) is 6.34. The summed E-state index contributed by atoms with van der Waals surface area (Å²) in [7, 11) is 0. The van der Waals surface area contributed by atoms with Crippen LogP contribution in [0.2, 0.25) is 0 Å². The third-order valence-corrected chi connectivity index (χ3v) is 3.37. The lowest BCUT2D eigenvalue weighted by Gasteiger charge is -2.13. The molecule has 0 saturated heterocycles. The van der Waals surface area contributed by atoms with Crippen molar-refractivity contribution in [1.29, 1.82) is 0 Å². The minimum atomic E-state index is 0.278. The van der Waals surface area contributed by atoms with Gasteiger partial charge in [-0.1, -0.05) is 25.1 Å². The van der Waals surface area contributed by atoms with Crippen LogP contribution in [0.3, 0.4) is 0 Å². The van der Waals surface area contributed by atoms with Crippen LogP contribution in [-0.4, -0.2) is 25.1 Å². The Morgan fingerprint density at radius 1 is 1.50 bits per heavy atom. The zero-order chi connectivity index (χ0) is 11.4. The predicted octanol–water partition coefficient (Wildman–Crippen LogP) is 2.45. The van der Waals surface area contributed by atoms with E-state index in [1.54, 1.807) is 0 Å². The number of hydrogen-bond acceptors (Lipinski definition) is 2. The quantitative estimate of drug-likeness (QED) is 0.797. The van der Waals surface area contributed by atoms with E-state index in [0.29, 0.717) is 11.8 Å². The zero-order valence-corrected chi connectivity index (χ0v) is 10.3. The molecule has 0 amide bonds. The SMILES string of the molecule is CC(CCl)CNCC1Cc2ccccc2O1. The highest BCUT2D eigenvalue weighted by molar-refractivity contribution is 6.18. The summed E-state index contributed by atoms with van der Waals surface area (Å²) < 4.78 is 5.83. The Balaban J connectivity index is 1.75. The van der Waals surface area contributed by atoms with E-state index in [-0.39, 0.29) is 6.10 Å². The Labute approximate surface area is 102 Å². The highest BCUT2D eigenvalue weighted by Crippen LogP contribution is 2.27. The first-order chi connectivity index (χ1) is 7.79. The molecule has 88 valence electrons. The lowest BCUT2D eigenvalue weighted by atomic mass is 10.1. The monoisotopic (exact) mass is 239 g/mol. The van der Waals surface area contributed by atoms with E-state index in [0.717, 1.165) is 25.3 Å². The molecule has 0 saturated carbocycles. The highest BCUT2D eigenvalue weighted by Gasteiger charge is 2.21. The summed E-state index contributed by atoms with van der Waals surface area (Å²) >= 11 is 5.75. The second kappa shape index (κ2) is 5.55. The van der Waals surface area contributed by atoms with Crippen LogP contribution in [0.4, 0.5) is 0 Å². The van der Waals surface area contributed by atoms with Crippen LogP contribution in [0.1, 0.15) is 12.5 Å². The van der Waals surface area contributed by atoms with Gasteiger partial charge in [-0.3, -0.25) is 0 Å². The zero-order valence-electron chi connectivity index (χ0n) is 9.58. The lowest BCUT2D eigenvalue weighted by Crippen LogP contribution is -2.33. The Bertz CT molecular complexity index is 317. The molecule has 3 heteroatoms. The van der Waals surface area contributed by atoms with Crippen molar-refractivity contribution in [3.05, 3.63) is 29.8 Å². The molecule has 0 bridgehead atoms. The molecule has 1 heterocycles. The first kappa shape index (κ1) is 11.7. The molecule has 1 N–H and O–H groups in total. The summed E-state index contributed by atoms with van der Waals surface area (Å²) in [6.07, 6.45) is 1.29. The minimum absolute atomic E-state index is 0.278. The summed E-state index contributed by atoms with van der Waals surface area (Å²) in [6, 6.07) is 8.26. The van der Waals surface area contributed by atoms with E-state index >= 15 is 0 Å². The normalized spacial score (nSPS) is 20.2. The van der Waals surface area contributed by atoms with Crippen LogP contribution < -0.4 is 10.1 Å². The second-order valence-electron chi connectivity index (χ2n) is 4.47. The Hall–Kier alpha value is -0.730. The maximum Gasteiger partial charge on any atom is 0.123 e. The molecule has 1 aromatic carbocycles. The summed E-state index contributed by atoms with van der Waals surface area (Å²) in [5.74, 6) is 2.27. The third-order valence-electron chi connectivity index (χ3n) is 2.84. The summed E-state index contributed by atoms with van der Waals surface area (Å²) in [5, 5.41) is 3.40. The number of fused-ring (bicyclic) bond motifs is 1. The number of para-hydroxylation sites is 1. The highest BCUT2D eigenvalue weighted by atomic mass is 35.5. The molecule has 1 aliphatic rings. The van der Waals surface area contributed by atoms with Crippen LogP contribution in [0.25, 0.3) is 0 Å². The standard InChI is InChI=1S/C13H18ClNO/c1-10(7-14)8-15-9-12-6-11-4-2-3-5-13(11)16-12/h2-5,10,12,15H,6-9H2,1H3. The number of hydrogen-bond donors (Lipinski definition) is 1. The molecule has 1 aliphatic heterocycles. The van der Waals surface area contributed by atoms with Gasteiger partial charge in [0.05, 0.1) is 0 Å². The van der Waals surface area contributed by atoms with E-state index in [1.807, 2.05) is 12.1 Å². The van der Waals surface area contributed by atoms with Gasteiger partial charge in [0.2, 0.25) is 0 Å². The summed E-state index contributed by atoms with van der Waals surface area (Å²) in [5.41, 5.74) is 1.32. The largest absolute Gasteiger partial charge is 0.488 e. The van der Waals surface area contributed by atoms with Crippen molar-refractivity contribution in [2.24, 2.45) is 5.92 Å². The van der Waals surface area contributed by atoms with Gasteiger partial charge in [-0.2, -0.15) is 0 Å². The molecule has 1 aromatic rings. The average Bonchev–Trinajstić information content (AvgIpc) is 2.71. The van der Waals surface area contributed by atoms with Gasteiger partial charge >= 0.3 is 0 Å². The van der Waals surface area contributed by atoms with E-state index < -0.39 is 0 Å². The Morgan fingerprint density at radius 2 is 2.31 bits per heavy atom. The third kappa shape index (κ3) is 2.89. The van der Waals surface area contributed by atoms with Crippen molar-refractivity contribution in [3.63, 3.8) is 0 Å². The molecule has 0 fully saturated rings. The van der Waals surface area contributed by atoms with Crippen molar-refractivity contribution in [3.8, 4) is 5.75 Å². The molecular weight excluding hydrogens is 222 g/mol. The van der Waals surface area contributed by atoms with Crippen molar-refractivity contribution in [2.75, 3.05) is 19.0 Å². The van der Waals surface area contributed by atoms with Gasteiger partial charge < -0.3 is 10.1 Å². The number of alkyl halides is 1. The van der Waals surface area contributed by atoms with E-state index in [2.05, 4.69) is 24.4 Å². The maximum atomic E-state index is 5.83. The molecule has 0 radical (unpaired) electrons. The van der Waals surface area contributed by atoms with E-state index in [1.165, 1.54) is 5.56 Å². The molecule has 2 rings (SSSR count). The number of rotatable bonds is 5. The fourth-order valence-electron chi connectivity index (χ4n) is 1.91. The van der Waals surface area contributed by atoms with Crippen molar-refractivity contribution < 1.29 is 4.74 Å². The van der Waals surface area contributed by atoms with Crippen molar-refractivity contribution >= 4 is 11.6 Å². The Kier molecular flexibility index (Phi) is 4.08. The molecule has 2 nitrogen and oxygen atoms in total. The van der Waals surface area contributed by atoms with Crippen LogP contribution >= 0.6 is 11.6 Å². The lowest BCUT2D eigenvalue weighted by molar-refractivity contribution is 0.226. The molecule has 0 aliphatic carbocycles. The fourth-order valence-corrected chi connectivity index (χ4v) is 2.02. The predicted molar refractivity (Wildman–Crippen MR) is 67.3 cm³/mol. The first-order valence-electron chi connectivity index (χ1n) is 5.81. The van der Waals surface area contributed by atoms with Gasteiger partial charge in [0.25, 0.3) is 0 Å². The number of nitrogens with one attached hydrogen (secondary N) is 1. The second-order valence-corrected chi connectivity index (χ2v) is 4.78. The van der Waals surface area contributed by atoms with Gasteiger partial charge in [-0.25, -0.2) is 0 Å². The smallest absolute Gasteiger partial charge is 0.123 e. The van der Waals surface area contributed by atoms with Crippen molar-refractivity contribution in [1.82, 2.24) is 5.32 Å². The van der Waals surface area contributed by atoms with Gasteiger partial charge in [0.15, 0.2) is 0 Å². The average molecular weight is 240 g/mol. The van der Waals surface area contributed by atoms with Crippen LogP contribution in [-0.2, 0) is 6.42 Å². The Morgan fingerprint density at radius 3 is 3.06 bits per heavy atom. The van der Waals surface area contributed by atoms with Gasteiger partial charge in [0.1, 0.15) is 11.9 Å². The molecular formula is C13H18ClNO. The molecule has 2 atom stereocenters. The summed E-state index contributed by atoms with van der Waals surface area (Å²) in [4.78, 5) is 0. The molecule has 0 spiro atoms. The fraction of sp³-hybridized carbons (Fsp3) is 0.538. The van der Waals surface area contributed by atoms with Crippen LogP contribution in [0.5, 0.6) is 5.75 Å². The minimum Gasteiger partial charge on any atom is -0.488 e. The number of benzene rings is 1. The van der Waals surface area contributed by atoms with Crippen LogP contribution in [0, 0.1) is 5.92 Å². The van der Waals surface area contributed by atoms with Gasteiger partial charge in [-0.05, 0) is 24.1 Å². The van der Waals surface area contributed by atoms with E-state index in [9.17, 15) is 0 Å². The molecule has 2 unspecified atom stereocenters. The number of ether oxygens (including phenoxy) is 1. The molecule has 0 aromatic heterocycles. The molecule has 16 heavy (non-hydrogen) atoms. The van der Waals surface area contributed by atoms with Gasteiger partial charge in [0, 0.05) is 18.8 Å². The maximum absolute atomic E-state index is 5.83. The van der Waals surface area contributed by atoms with E-state index in [4.69, 9.17) is 16.3 Å². The topological polar surface area (TPSA) is 21.3 Å². The number of halogens is 1. The van der Waals surface area contributed by atoms with Crippen LogP contribution in [0.15, 0.2) is 24.3 Å².